The van der Waals surface area contributed by atoms with Gasteiger partial charge in [-0.3, -0.25) is 4.79 Å². The van der Waals surface area contributed by atoms with E-state index in [4.69, 9.17) is 17.3 Å². The van der Waals surface area contributed by atoms with Crippen LogP contribution in [0.5, 0.6) is 0 Å². The van der Waals surface area contributed by atoms with Gasteiger partial charge in [-0.25, -0.2) is 0 Å². The van der Waals surface area contributed by atoms with Gasteiger partial charge in [-0.2, -0.15) is 0 Å². The Balaban J connectivity index is 3.00. The van der Waals surface area contributed by atoms with Gasteiger partial charge in [-0.1, -0.05) is 11.6 Å². The number of hydrogen-bond acceptors (Lipinski definition) is 1. The summed E-state index contributed by atoms with van der Waals surface area (Å²) in [5, 5.41) is 0.546. The quantitative estimate of drug-likeness (QED) is 0.650. The Labute approximate surface area is 63.6 Å². The second-order valence-corrected chi connectivity index (χ2v) is 2.22. The van der Waals surface area contributed by atoms with E-state index >= 15 is 0 Å². The third-order valence-electron chi connectivity index (χ3n) is 1.04. The first-order chi connectivity index (χ1) is 4.70. The largest absolute Gasteiger partial charge is 0.366 e. The van der Waals surface area contributed by atoms with Crippen LogP contribution in [0.2, 0.25) is 5.02 Å². The molecule has 2 N–H and O–H groups in total. The third-order valence-corrected chi connectivity index (χ3v) is 1.28. The van der Waals surface area contributed by atoms with Crippen LogP contribution in [0.1, 0.15) is 10.4 Å². The van der Waals surface area contributed by atoms with E-state index in [9.17, 15) is 4.79 Å². The fourth-order valence-corrected chi connectivity index (χ4v) is 0.677. The number of benzene rings is 1. The maximum Gasteiger partial charge on any atom is 0.249 e. The molecule has 1 amide bonds. The monoisotopic (exact) mass is 154 g/mol. The number of rotatable bonds is 1. The molecule has 0 spiro atoms. The fraction of sp³-hybridized carbons (Fsp3) is 0. The zero-order chi connectivity index (χ0) is 7.56. The van der Waals surface area contributed by atoms with E-state index in [-0.39, 0.29) is 0 Å². The number of carbonyl (C=O) groups is 1. The number of amides is 1. The molecule has 0 aliphatic heterocycles. The van der Waals surface area contributed by atoms with Crippen LogP contribution in [-0.2, 0) is 0 Å². The first kappa shape index (κ1) is 7.09. The molecule has 1 rings (SSSR count). The maximum atomic E-state index is 10.5. The smallest absolute Gasteiger partial charge is 0.249 e. The molecule has 3 heteroatoms. The van der Waals surface area contributed by atoms with Crippen molar-refractivity contribution in [2.24, 2.45) is 5.73 Å². The Hall–Kier alpha value is -1.02. The van der Waals surface area contributed by atoms with Crippen molar-refractivity contribution in [3.8, 4) is 0 Å². The van der Waals surface area contributed by atoms with Crippen LogP contribution in [0.4, 0.5) is 0 Å². The van der Waals surface area contributed by atoms with Gasteiger partial charge in [0.25, 0.3) is 0 Å². The average Bonchev–Trinajstić information content (AvgIpc) is 1.88. The molecule has 0 fully saturated rings. The van der Waals surface area contributed by atoms with Crippen LogP contribution in [0.15, 0.2) is 18.2 Å². The summed E-state index contributed by atoms with van der Waals surface area (Å²) in [5.74, 6) is -0.489. The van der Waals surface area contributed by atoms with Gasteiger partial charge < -0.3 is 5.73 Å². The van der Waals surface area contributed by atoms with Gasteiger partial charge in [0, 0.05) is 10.6 Å². The zero-order valence-electron chi connectivity index (χ0n) is 5.10. The topological polar surface area (TPSA) is 43.1 Å². The lowest BCUT2D eigenvalue weighted by Gasteiger charge is -1.91. The van der Waals surface area contributed by atoms with Crippen molar-refractivity contribution < 1.29 is 4.79 Å². The lowest BCUT2D eigenvalue weighted by atomic mass is 10.2. The summed E-state index contributed by atoms with van der Waals surface area (Å²) in [5.41, 5.74) is 5.30. The molecule has 0 saturated heterocycles. The highest BCUT2D eigenvalue weighted by molar-refractivity contribution is 6.30. The zero-order valence-corrected chi connectivity index (χ0v) is 5.85. The van der Waals surface area contributed by atoms with Gasteiger partial charge in [0.2, 0.25) is 5.91 Å². The Morgan fingerprint density at radius 1 is 1.60 bits per heavy atom. The average molecular weight is 155 g/mol. The van der Waals surface area contributed by atoms with Gasteiger partial charge in [0.05, 0.1) is 0 Å². The summed E-state index contributed by atoms with van der Waals surface area (Å²) in [6.45, 7) is 0. The molecule has 1 aromatic rings. The number of hydrogen-bond donors (Lipinski definition) is 1. The summed E-state index contributed by atoms with van der Waals surface area (Å²) in [4.78, 5) is 10.5. The molecular weight excluding hydrogens is 150 g/mol. The van der Waals surface area contributed by atoms with Crippen molar-refractivity contribution in [1.82, 2.24) is 0 Å². The van der Waals surface area contributed by atoms with Gasteiger partial charge in [0.1, 0.15) is 0 Å². The minimum atomic E-state index is -0.489. The molecule has 0 bridgehead atoms. The van der Waals surface area contributed by atoms with Crippen molar-refractivity contribution in [3.05, 3.63) is 34.9 Å². The number of primary amides is 1. The molecule has 1 radical (unpaired) electrons. The molecule has 0 aromatic heterocycles. The molecular formula is C7H5ClNO. The van der Waals surface area contributed by atoms with Crippen molar-refractivity contribution in [3.63, 3.8) is 0 Å². The third kappa shape index (κ3) is 1.48. The van der Waals surface area contributed by atoms with E-state index in [1.54, 1.807) is 6.07 Å². The Kier molecular flexibility index (Phi) is 1.92. The molecule has 51 valence electrons. The second-order valence-electron chi connectivity index (χ2n) is 1.78. The van der Waals surface area contributed by atoms with Crippen LogP contribution >= 0.6 is 11.6 Å². The number of nitrogens with two attached hydrogens (primary N) is 1. The van der Waals surface area contributed by atoms with Crippen LogP contribution in [-0.4, -0.2) is 5.91 Å². The van der Waals surface area contributed by atoms with E-state index in [0.29, 0.717) is 10.6 Å². The Morgan fingerprint density at radius 3 is 2.70 bits per heavy atom. The molecule has 0 heterocycles. The summed E-state index contributed by atoms with van der Waals surface area (Å²) < 4.78 is 0. The van der Waals surface area contributed by atoms with Crippen LogP contribution in [0.3, 0.4) is 0 Å². The van der Waals surface area contributed by atoms with Gasteiger partial charge in [0.15, 0.2) is 0 Å². The SMILES string of the molecule is NC(=O)c1[c]cc(Cl)cc1. The lowest BCUT2D eigenvalue weighted by Crippen LogP contribution is -2.10. The highest BCUT2D eigenvalue weighted by Gasteiger charge is 1.97. The highest BCUT2D eigenvalue weighted by atomic mass is 35.5. The number of carbonyl (C=O) groups excluding carboxylic acids is 1. The standard InChI is InChI=1S/C7H5ClNO/c8-6-3-1-5(2-4-6)7(9)10/h1,3-4H,(H2,9,10). The van der Waals surface area contributed by atoms with Crippen molar-refractivity contribution in [2.45, 2.75) is 0 Å². The fourth-order valence-electron chi connectivity index (χ4n) is 0.559. The van der Waals surface area contributed by atoms with Crippen molar-refractivity contribution in [1.29, 1.82) is 0 Å². The lowest BCUT2D eigenvalue weighted by molar-refractivity contribution is 0.1000. The minimum Gasteiger partial charge on any atom is -0.366 e. The van der Waals surface area contributed by atoms with Crippen LogP contribution in [0, 0.1) is 6.07 Å². The first-order valence-electron chi connectivity index (χ1n) is 2.67. The summed E-state index contributed by atoms with van der Waals surface area (Å²) in [7, 11) is 0. The minimum absolute atomic E-state index is 0.351. The Bertz CT molecular complexity index is 242. The molecule has 10 heavy (non-hydrogen) atoms. The highest BCUT2D eigenvalue weighted by Crippen LogP contribution is 2.07. The van der Waals surface area contributed by atoms with Crippen LogP contribution in [0.25, 0.3) is 0 Å². The molecule has 0 saturated carbocycles. The van der Waals surface area contributed by atoms with Gasteiger partial charge in [-0.05, 0) is 24.3 Å². The summed E-state index contributed by atoms with van der Waals surface area (Å²) in [6, 6.07) is 7.26. The molecule has 0 aliphatic rings. The second kappa shape index (κ2) is 2.71. The molecule has 2 nitrogen and oxygen atoms in total. The predicted molar refractivity (Wildman–Crippen MR) is 38.8 cm³/mol. The Morgan fingerprint density at radius 2 is 2.30 bits per heavy atom. The van der Waals surface area contributed by atoms with E-state index in [1.165, 1.54) is 12.1 Å². The van der Waals surface area contributed by atoms with E-state index < -0.39 is 5.91 Å². The summed E-state index contributed by atoms with van der Waals surface area (Å²) in [6.07, 6.45) is 0. The normalized spacial score (nSPS) is 9.30. The van der Waals surface area contributed by atoms with E-state index in [2.05, 4.69) is 6.07 Å². The van der Waals surface area contributed by atoms with Gasteiger partial charge in [-0.15, -0.1) is 0 Å². The molecule has 0 unspecified atom stereocenters. The van der Waals surface area contributed by atoms with Crippen molar-refractivity contribution in [2.75, 3.05) is 0 Å². The summed E-state index contributed by atoms with van der Waals surface area (Å²) >= 11 is 5.53. The van der Waals surface area contributed by atoms with E-state index in [1.807, 2.05) is 0 Å². The maximum absolute atomic E-state index is 10.5. The van der Waals surface area contributed by atoms with Crippen molar-refractivity contribution >= 4 is 17.5 Å². The van der Waals surface area contributed by atoms with Gasteiger partial charge >= 0.3 is 0 Å². The molecule has 0 atom stereocenters. The number of halogens is 1. The predicted octanol–water partition coefficient (Wildman–Crippen LogP) is 1.24. The molecule has 0 aliphatic carbocycles. The van der Waals surface area contributed by atoms with Crippen LogP contribution < -0.4 is 5.73 Å². The van der Waals surface area contributed by atoms with E-state index in [0.717, 1.165) is 0 Å². The first-order valence-corrected chi connectivity index (χ1v) is 3.05. The molecule has 1 aromatic carbocycles.